The van der Waals surface area contributed by atoms with E-state index in [-0.39, 0.29) is 17.5 Å². The van der Waals surface area contributed by atoms with Gasteiger partial charge in [0, 0.05) is 30.9 Å². The highest BCUT2D eigenvalue weighted by Gasteiger charge is 2.17. The fourth-order valence-electron chi connectivity index (χ4n) is 2.26. The van der Waals surface area contributed by atoms with Gasteiger partial charge in [-0.2, -0.15) is 0 Å². The minimum atomic E-state index is -0.613. The van der Waals surface area contributed by atoms with Crippen LogP contribution in [0.1, 0.15) is 13.8 Å². The highest BCUT2D eigenvalue weighted by Crippen LogP contribution is 2.23. The number of nitrogens with one attached hydrogen (secondary N) is 2. The van der Waals surface area contributed by atoms with E-state index in [1.165, 1.54) is 30.9 Å². The highest BCUT2D eigenvalue weighted by atomic mass is 35.5. The Morgan fingerprint density at radius 1 is 1.04 bits per heavy atom. The first-order valence-electron chi connectivity index (χ1n) is 7.67. The summed E-state index contributed by atoms with van der Waals surface area (Å²) in [6, 6.07) is 10.4. The van der Waals surface area contributed by atoms with Gasteiger partial charge in [-0.1, -0.05) is 17.7 Å². The van der Waals surface area contributed by atoms with Crippen LogP contribution in [0.25, 0.3) is 0 Å². The number of halogens is 2. The molecule has 0 bridgehead atoms. The molecule has 0 saturated carbocycles. The quantitative estimate of drug-likeness (QED) is 0.837. The molecule has 2 aromatic carbocycles. The number of benzene rings is 2. The summed E-state index contributed by atoms with van der Waals surface area (Å²) < 4.78 is 13.3. The van der Waals surface area contributed by atoms with E-state index in [9.17, 15) is 18.8 Å². The van der Waals surface area contributed by atoms with Gasteiger partial charge in [-0.15, -0.1) is 0 Å². The van der Waals surface area contributed by atoms with E-state index in [1.54, 1.807) is 24.3 Å². The van der Waals surface area contributed by atoms with Gasteiger partial charge < -0.3 is 15.5 Å². The van der Waals surface area contributed by atoms with Gasteiger partial charge in [-0.3, -0.25) is 14.4 Å². The van der Waals surface area contributed by atoms with Crippen molar-refractivity contribution >= 4 is 46.4 Å². The fourth-order valence-corrected chi connectivity index (χ4v) is 2.43. The molecule has 0 aliphatic carbocycles. The Labute approximate surface area is 154 Å². The third-order valence-electron chi connectivity index (χ3n) is 3.36. The molecule has 0 heterocycles. The van der Waals surface area contributed by atoms with Gasteiger partial charge in [0.1, 0.15) is 12.4 Å². The summed E-state index contributed by atoms with van der Waals surface area (Å²) in [6.45, 7) is 2.40. The van der Waals surface area contributed by atoms with Crippen LogP contribution in [0.15, 0.2) is 42.5 Å². The van der Waals surface area contributed by atoms with Crippen LogP contribution in [-0.2, 0) is 14.4 Å². The van der Waals surface area contributed by atoms with Crippen LogP contribution in [-0.4, -0.2) is 24.3 Å². The number of hydrogen-bond donors (Lipinski definition) is 2. The smallest absolute Gasteiger partial charge is 0.244 e. The summed E-state index contributed by atoms with van der Waals surface area (Å²) in [7, 11) is 0. The Bertz CT molecular complexity index is 857. The Kier molecular flexibility index (Phi) is 6.30. The van der Waals surface area contributed by atoms with Crippen LogP contribution in [0.4, 0.5) is 21.5 Å². The van der Waals surface area contributed by atoms with Crippen molar-refractivity contribution in [3.63, 3.8) is 0 Å². The van der Waals surface area contributed by atoms with Gasteiger partial charge >= 0.3 is 0 Å². The molecule has 136 valence electrons. The average molecular weight is 378 g/mol. The van der Waals surface area contributed by atoms with Gasteiger partial charge in [0.05, 0.1) is 5.02 Å². The molecule has 0 spiro atoms. The largest absolute Gasteiger partial charge is 0.326 e. The molecule has 2 N–H and O–H groups in total. The van der Waals surface area contributed by atoms with E-state index in [0.29, 0.717) is 17.1 Å². The molecule has 0 aliphatic rings. The van der Waals surface area contributed by atoms with Crippen molar-refractivity contribution in [2.45, 2.75) is 13.8 Å². The van der Waals surface area contributed by atoms with Crippen LogP contribution in [0.5, 0.6) is 0 Å². The first-order valence-corrected chi connectivity index (χ1v) is 8.04. The lowest BCUT2D eigenvalue weighted by atomic mass is 10.2. The van der Waals surface area contributed by atoms with Gasteiger partial charge in [0.25, 0.3) is 0 Å². The first kappa shape index (κ1) is 19.4. The van der Waals surface area contributed by atoms with E-state index in [2.05, 4.69) is 10.6 Å². The third kappa shape index (κ3) is 5.29. The predicted octanol–water partition coefficient (Wildman–Crippen LogP) is 3.43. The summed E-state index contributed by atoms with van der Waals surface area (Å²) in [4.78, 5) is 36.4. The minimum absolute atomic E-state index is 0.142. The third-order valence-corrected chi connectivity index (χ3v) is 3.65. The second-order valence-corrected chi connectivity index (χ2v) is 5.92. The molecule has 0 fully saturated rings. The molecule has 6 nitrogen and oxygen atoms in total. The zero-order chi connectivity index (χ0) is 19.3. The zero-order valence-electron chi connectivity index (χ0n) is 14.2. The summed E-state index contributed by atoms with van der Waals surface area (Å²) in [5.41, 5.74) is 1.30. The maximum atomic E-state index is 13.3. The Balaban J connectivity index is 2.12. The van der Waals surface area contributed by atoms with Crippen molar-refractivity contribution < 1.29 is 18.8 Å². The normalized spacial score (nSPS) is 10.2. The minimum Gasteiger partial charge on any atom is -0.326 e. The number of carbonyl (C=O) groups excluding carboxylic acids is 3. The molecule has 0 aromatic heterocycles. The molecular weight excluding hydrogens is 361 g/mol. The van der Waals surface area contributed by atoms with Gasteiger partial charge in [0.2, 0.25) is 17.7 Å². The number of rotatable bonds is 5. The van der Waals surface area contributed by atoms with Crippen molar-refractivity contribution in [2.24, 2.45) is 0 Å². The first-order chi connectivity index (χ1) is 12.3. The SMILES string of the molecule is CC(=O)Nc1cccc(NC(=O)CN(C(C)=O)c2ccc(F)c(Cl)c2)c1. The maximum Gasteiger partial charge on any atom is 0.244 e. The van der Waals surface area contributed by atoms with Gasteiger partial charge in [-0.25, -0.2) is 4.39 Å². The molecule has 2 aromatic rings. The Hall–Kier alpha value is -2.93. The van der Waals surface area contributed by atoms with Crippen molar-refractivity contribution in [3.8, 4) is 0 Å². The molecule has 0 aliphatic heterocycles. The Morgan fingerprint density at radius 2 is 1.69 bits per heavy atom. The van der Waals surface area contributed by atoms with Crippen LogP contribution >= 0.6 is 11.6 Å². The monoisotopic (exact) mass is 377 g/mol. The number of amides is 3. The highest BCUT2D eigenvalue weighted by molar-refractivity contribution is 6.31. The lowest BCUT2D eigenvalue weighted by molar-refractivity contribution is -0.120. The second kappa shape index (κ2) is 8.44. The van der Waals surface area contributed by atoms with Crippen LogP contribution in [0.3, 0.4) is 0 Å². The average Bonchev–Trinajstić information content (AvgIpc) is 2.55. The molecule has 2 rings (SSSR count). The predicted molar refractivity (Wildman–Crippen MR) is 98.8 cm³/mol. The van der Waals surface area contributed by atoms with Gasteiger partial charge in [-0.05, 0) is 36.4 Å². The lowest BCUT2D eigenvalue weighted by Gasteiger charge is -2.21. The van der Waals surface area contributed by atoms with E-state index in [1.807, 2.05) is 0 Å². The number of anilines is 3. The van der Waals surface area contributed by atoms with Crippen LogP contribution in [0, 0.1) is 5.82 Å². The summed E-state index contributed by atoms with van der Waals surface area (Å²) in [5.74, 6) is -1.70. The van der Waals surface area contributed by atoms with E-state index in [0.717, 1.165) is 6.07 Å². The maximum absolute atomic E-state index is 13.3. The summed E-state index contributed by atoms with van der Waals surface area (Å²) >= 11 is 5.74. The number of hydrogen-bond acceptors (Lipinski definition) is 3. The summed E-state index contributed by atoms with van der Waals surface area (Å²) in [6.07, 6.45) is 0. The molecule has 0 unspecified atom stereocenters. The zero-order valence-corrected chi connectivity index (χ0v) is 14.9. The Morgan fingerprint density at radius 3 is 2.27 bits per heavy atom. The van der Waals surface area contributed by atoms with Crippen molar-refractivity contribution in [3.05, 3.63) is 53.3 Å². The van der Waals surface area contributed by atoms with Gasteiger partial charge in [0.15, 0.2) is 0 Å². The molecular formula is C18H17ClFN3O3. The van der Waals surface area contributed by atoms with E-state index < -0.39 is 17.6 Å². The topological polar surface area (TPSA) is 78.5 Å². The lowest BCUT2D eigenvalue weighted by Crippen LogP contribution is -2.36. The summed E-state index contributed by atoms with van der Waals surface area (Å²) in [5, 5.41) is 5.11. The van der Waals surface area contributed by atoms with E-state index >= 15 is 0 Å². The molecule has 0 saturated heterocycles. The fraction of sp³-hybridized carbons (Fsp3) is 0.167. The standard InChI is InChI=1S/C18H17ClFN3O3/c1-11(24)21-13-4-3-5-14(8-13)22-18(26)10-23(12(2)25)15-6-7-17(20)16(19)9-15/h3-9H,10H2,1-2H3,(H,21,24)(H,22,26). The number of carbonyl (C=O) groups is 3. The molecule has 0 atom stereocenters. The van der Waals surface area contributed by atoms with Crippen LogP contribution < -0.4 is 15.5 Å². The van der Waals surface area contributed by atoms with Crippen molar-refractivity contribution in [1.29, 1.82) is 0 Å². The molecule has 0 radical (unpaired) electrons. The number of nitrogens with zero attached hydrogens (tertiary/aromatic N) is 1. The van der Waals surface area contributed by atoms with Crippen molar-refractivity contribution in [1.82, 2.24) is 0 Å². The van der Waals surface area contributed by atoms with Crippen molar-refractivity contribution in [2.75, 3.05) is 22.1 Å². The molecule has 8 heteroatoms. The molecule has 3 amide bonds. The van der Waals surface area contributed by atoms with E-state index in [4.69, 9.17) is 11.6 Å². The molecule has 26 heavy (non-hydrogen) atoms. The second-order valence-electron chi connectivity index (χ2n) is 5.51. The van der Waals surface area contributed by atoms with Crippen LogP contribution in [0.2, 0.25) is 5.02 Å².